The molecule has 1 aliphatic heterocycles. The van der Waals surface area contributed by atoms with Gasteiger partial charge in [0.1, 0.15) is 6.10 Å². The van der Waals surface area contributed by atoms with E-state index >= 15 is 0 Å². The molecule has 3 unspecified atom stereocenters. The first kappa shape index (κ1) is 14.8. The number of rotatable bonds is 6. The Morgan fingerprint density at radius 3 is 2.95 bits per heavy atom. The summed E-state index contributed by atoms with van der Waals surface area (Å²) in [7, 11) is -3.15. The maximum absolute atomic E-state index is 12.4. The van der Waals surface area contributed by atoms with E-state index < -0.39 is 10.0 Å². The third kappa shape index (κ3) is 2.92. The first-order valence-corrected chi connectivity index (χ1v) is 9.30. The molecular formula is C15H22N2O3S. The van der Waals surface area contributed by atoms with Crippen molar-refractivity contribution in [1.82, 2.24) is 9.29 Å². The molecule has 5 nitrogen and oxygen atoms in total. The second-order valence-electron chi connectivity index (χ2n) is 5.89. The average molecular weight is 310 g/mol. The number of sulfonamides is 1. The quantitative estimate of drug-likeness (QED) is 0.807. The van der Waals surface area contributed by atoms with Gasteiger partial charge in [-0.05, 0) is 25.3 Å². The summed E-state index contributed by atoms with van der Waals surface area (Å²) in [5.74, 6) is 1.14. The molecule has 0 radical (unpaired) electrons. The average Bonchev–Trinajstić information content (AvgIpc) is 3.04. The normalized spacial score (nSPS) is 28.9. The molecule has 2 bridgehead atoms. The molecule has 2 heterocycles. The molecule has 0 N–H and O–H groups in total. The van der Waals surface area contributed by atoms with Crippen LogP contribution in [0.3, 0.4) is 0 Å². The minimum absolute atomic E-state index is 0.0149. The summed E-state index contributed by atoms with van der Waals surface area (Å²) < 4.78 is 32.5. The van der Waals surface area contributed by atoms with Gasteiger partial charge in [-0.1, -0.05) is 19.4 Å². The number of unbranched alkanes of at least 4 members (excludes halogenated alkanes) is 1. The lowest BCUT2D eigenvalue weighted by atomic mass is 10.1. The van der Waals surface area contributed by atoms with E-state index in [-0.39, 0.29) is 17.9 Å². The second-order valence-corrected chi connectivity index (χ2v) is 7.94. The fourth-order valence-electron chi connectivity index (χ4n) is 3.39. The Labute approximate surface area is 126 Å². The summed E-state index contributed by atoms with van der Waals surface area (Å²) in [6, 6.07) is 5.54. The van der Waals surface area contributed by atoms with Crippen molar-refractivity contribution >= 4 is 10.0 Å². The van der Waals surface area contributed by atoms with Crippen molar-refractivity contribution in [2.75, 3.05) is 12.3 Å². The first-order valence-electron chi connectivity index (χ1n) is 7.69. The van der Waals surface area contributed by atoms with Gasteiger partial charge < -0.3 is 4.74 Å². The van der Waals surface area contributed by atoms with Gasteiger partial charge in [0, 0.05) is 24.7 Å². The first-order chi connectivity index (χ1) is 10.1. The molecule has 0 amide bonds. The van der Waals surface area contributed by atoms with Crippen LogP contribution in [0.5, 0.6) is 5.88 Å². The highest BCUT2D eigenvalue weighted by Gasteiger charge is 2.52. The number of hydrogen-bond acceptors (Lipinski definition) is 4. The van der Waals surface area contributed by atoms with Crippen LogP contribution in [-0.2, 0) is 10.0 Å². The van der Waals surface area contributed by atoms with Crippen LogP contribution >= 0.6 is 0 Å². The van der Waals surface area contributed by atoms with Crippen LogP contribution in [0, 0.1) is 5.92 Å². The minimum atomic E-state index is -3.15. The third-order valence-electron chi connectivity index (χ3n) is 4.47. The summed E-state index contributed by atoms with van der Waals surface area (Å²) in [5, 5.41) is 0. The molecule has 2 aliphatic rings. The number of pyridine rings is 1. The van der Waals surface area contributed by atoms with Gasteiger partial charge in [-0.25, -0.2) is 13.4 Å². The number of piperidine rings is 1. The van der Waals surface area contributed by atoms with Crippen molar-refractivity contribution in [3.63, 3.8) is 0 Å². The molecule has 1 aromatic heterocycles. The molecular weight excluding hydrogens is 288 g/mol. The van der Waals surface area contributed by atoms with Crippen LogP contribution in [0.1, 0.15) is 32.6 Å². The Morgan fingerprint density at radius 2 is 2.24 bits per heavy atom. The van der Waals surface area contributed by atoms with E-state index in [1.807, 2.05) is 25.1 Å². The lowest BCUT2D eigenvalue weighted by Crippen LogP contribution is -2.41. The van der Waals surface area contributed by atoms with Crippen molar-refractivity contribution in [2.24, 2.45) is 5.92 Å². The monoisotopic (exact) mass is 310 g/mol. The van der Waals surface area contributed by atoms with Crippen molar-refractivity contribution in [1.29, 1.82) is 0 Å². The molecule has 21 heavy (non-hydrogen) atoms. The van der Waals surface area contributed by atoms with E-state index in [9.17, 15) is 8.42 Å². The largest absolute Gasteiger partial charge is 0.472 e. The zero-order valence-electron chi connectivity index (χ0n) is 12.3. The number of nitrogens with zero attached hydrogens (tertiary/aromatic N) is 2. The standard InChI is InChI=1S/C15H22N2O3S/c1-2-3-10-21(18,19)17-11-12-7-8-13(17)15(12)20-14-6-4-5-9-16-14/h4-6,9,12-13,15H,2-3,7-8,10-11H2,1H3. The third-order valence-corrected chi connectivity index (χ3v) is 6.41. The predicted molar refractivity (Wildman–Crippen MR) is 80.6 cm³/mol. The Balaban J connectivity index is 1.72. The van der Waals surface area contributed by atoms with Crippen LogP contribution in [0.4, 0.5) is 0 Å². The van der Waals surface area contributed by atoms with E-state index in [2.05, 4.69) is 4.98 Å². The maximum Gasteiger partial charge on any atom is 0.214 e. The molecule has 1 saturated carbocycles. The highest BCUT2D eigenvalue weighted by molar-refractivity contribution is 7.89. The number of hydrogen-bond donors (Lipinski definition) is 0. The van der Waals surface area contributed by atoms with Crippen molar-refractivity contribution in [2.45, 2.75) is 44.8 Å². The fourth-order valence-corrected chi connectivity index (χ4v) is 5.34. The van der Waals surface area contributed by atoms with E-state index in [1.54, 1.807) is 10.5 Å². The molecule has 3 atom stereocenters. The van der Waals surface area contributed by atoms with Crippen LogP contribution in [0.25, 0.3) is 0 Å². The molecule has 1 saturated heterocycles. The highest BCUT2D eigenvalue weighted by atomic mass is 32.2. The molecule has 1 aromatic rings. The van der Waals surface area contributed by atoms with Gasteiger partial charge >= 0.3 is 0 Å². The zero-order valence-corrected chi connectivity index (χ0v) is 13.1. The summed E-state index contributed by atoms with van der Waals surface area (Å²) in [6.45, 7) is 2.62. The van der Waals surface area contributed by atoms with E-state index in [4.69, 9.17) is 4.74 Å². The smallest absolute Gasteiger partial charge is 0.214 e. The molecule has 6 heteroatoms. The summed E-state index contributed by atoms with van der Waals surface area (Å²) in [6.07, 6.45) is 5.21. The molecule has 1 aliphatic carbocycles. The van der Waals surface area contributed by atoms with Crippen molar-refractivity contribution in [3.8, 4) is 5.88 Å². The van der Waals surface area contributed by atoms with Gasteiger partial charge in [0.2, 0.25) is 15.9 Å². The second kappa shape index (κ2) is 5.93. The molecule has 2 fully saturated rings. The summed E-state index contributed by atoms with van der Waals surface area (Å²) >= 11 is 0. The minimum Gasteiger partial charge on any atom is -0.472 e. The van der Waals surface area contributed by atoms with Gasteiger partial charge in [0.05, 0.1) is 11.8 Å². The lowest BCUT2D eigenvalue weighted by Gasteiger charge is -2.26. The van der Waals surface area contributed by atoms with Crippen LogP contribution in [0.2, 0.25) is 0 Å². The van der Waals surface area contributed by atoms with E-state index in [0.29, 0.717) is 18.3 Å². The Kier molecular flexibility index (Phi) is 4.17. The number of fused-ring (bicyclic) bond motifs is 2. The molecule has 0 aromatic carbocycles. The Morgan fingerprint density at radius 1 is 1.38 bits per heavy atom. The topological polar surface area (TPSA) is 59.5 Å². The highest BCUT2D eigenvalue weighted by Crippen LogP contribution is 2.41. The Hall–Kier alpha value is -1.14. The molecule has 116 valence electrons. The van der Waals surface area contributed by atoms with Gasteiger partial charge in [-0.3, -0.25) is 0 Å². The van der Waals surface area contributed by atoms with E-state index in [0.717, 1.165) is 25.7 Å². The number of aromatic nitrogens is 1. The van der Waals surface area contributed by atoms with Crippen LogP contribution in [0.15, 0.2) is 24.4 Å². The van der Waals surface area contributed by atoms with Gasteiger partial charge in [-0.2, -0.15) is 4.31 Å². The van der Waals surface area contributed by atoms with Crippen LogP contribution < -0.4 is 4.74 Å². The van der Waals surface area contributed by atoms with Gasteiger partial charge in [0.15, 0.2) is 0 Å². The summed E-state index contributed by atoms with van der Waals surface area (Å²) in [5.41, 5.74) is 0. The molecule has 0 spiro atoms. The van der Waals surface area contributed by atoms with Crippen molar-refractivity contribution < 1.29 is 13.2 Å². The maximum atomic E-state index is 12.4. The fraction of sp³-hybridized carbons (Fsp3) is 0.667. The van der Waals surface area contributed by atoms with Gasteiger partial charge in [-0.15, -0.1) is 0 Å². The SMILES string of the molecule is CCCCS(=O)(=O)N1CC2CCC1C2Oc1ccccn1. The van der Waals surface area contributed by atoms with Crippen molar-refractivity contribution in [3.05, 3.63) is 24.4 Å². The number of ether oxygens (including phenoxy) is 1. The van der Waals surface area contributed by atoms with E-state index in [1.165, 1.54) is 0 Å². The zero-order chi connectivity index (χ0) is 14.9. The predicted octanol–water partition coefficient (Wildman–Crippen LogP) is 2.05. The Bertz CT molecular complexity index is 576. The summed E-state index contributed by atoms with van der Waals surface area (Å²) in [4.78, 5) is 4.19. The van der Waals surface area contributed by atoms with Crippen LogP contribution in [-0.4, -0.2) is 42.2 Å². The molecule has 3 rings (SSSR count). The lowest BCUT2D eigenvalue weighted by molar-refractivity contribution is 0.161. The van der Waals surface area contributed by atoms with Gasteiger partial charge in [0.25, 0.3) is 0 Å².